The molecule has 7 atom stereocenters. The number of aliphatic hydroxyl groups is 2. The first-order valence-corrected chi connectivity index (χ1v) is 11.0. The van der Waals surface area contributed by atoms with E-state index >= 15 is 0 Å². The van der Waals surface area contributed by atoms with E-state index in [1.807, 2.05) is 6.07 Å². The SMILES string of the molecule is C[C@]12CC[C@H]3[C@@H](CC[C@]4(O)C[C@@H](O)CC[C@]34C=O)C1=CC[C@H]2c1ccc(=O)oc1. The molecule has 0 bridgehead atoms. The number of hydrogen-bond acceptors (Lipinski definition) is 5. The van der Waals surface area contributed by atoms with E-state index in [1.54, 1.807) is 6.26 Å². The Morgan fingerprint density at radius 3 is 2.72 bits per heavy atom. The molecule has 1 aromatic heterocycles. The highest BCUT2D eigenvalue weighted by Crippen LogP contribution is 2.67. The molecule has 0 aliphatic heterocycles. The first-order valence-electron chi connectivity index (χ1n) is 11.0. The maximum absolute atomic E-state index is 12.5. The second-order valence-electron chi connectivity index (χ2n) is 10.1. The normalized spacial score (nSPS) is 46.2. The van der Waals surface area contributed by atoms with Crippen molar-refractivity contribution in [2.75, 3.05) is 0 Å². The largest absolute Gasteiger partial charge is 0.431 e. The Hall–Kier alpha value is -1.72. The lowest BCUT2D eigenvalue weighted by molar-refractivity contribution is -0.200. The molecule has 4 aliphatic carbocycles. The lowest BCUT2D eigenvalue weighted by atomic mass is 9.44. The Labute approximate surface area is 170 Å². The van der Waals surface area contributed by atoms with Crippen molar-refractivity contribution in [3.8, 4) is 0 Å². The van der Waals surface area contributed by atoms with Gasteiger partial charge in [0.2, 0.25) is 0 Å². The molecule has 29 heavy (non-hydrogen) atoms. The van der Waals surface area contributed by atoms with E-state index in [0.717, 1.165) is 37.5 Å². The fourth-order valence-electron chi connectivity index (χ4n) is 7.59. The van der Waals surface area contributed by atoms with Crippen molar-refractivity contribution >= 4 is 6.29 Å². The maximum Gasteiger partial charge on any atom is 0.335 e. The van der Waals surface area contributed by atoms with Gasteiger partial charge in [-0.3, -0.25) is 0 Å². The van der Waals surface area contributed by atoms with Gasteiger partial charge in [-0.05, 0) is 79.7 Å². The fraction of sp³-hybridized carbons (Fsp3) is 0.667. The molecule has 3 saturated carbocycles. The number of rotatable bonds is 2. The summed E-state index contributed by atoms with van der Waals surface area (Å²) < 4.78 is 5.15. The third-order valence-corrected chi connectivity index (χ3v) is 9.06. The second-order valence-corrected chi connectivity index (χ2v) is 10.1. The Morgan fingerprint density at radius 2 is 2.00 bits per heavy atom. The molecule has 1 heterocycles. The number of hydrogen-bond donors (Lipinski definition) is 2. The molecule has 0 amide bonds. The number of allylic oxidation sites excluding steroid dienone is 2. The number of fused-ring (bicyclic) bond motifs is 5. The first kappa shape index (κ1) is 19.3. The van der Waals surface area contributed by atoms with Crippen LogP contribution in [0, 0.1) is 22.7 Å². The molecule has 0 radical (unpaired) electrons. The van der Waals surface area contributed by atoms with Gasteiger partial charge < -0.3 is 19.4 Å². The zero-order valence-corrected chi connectivity index (χ0v) is 17.0. The Bertz CT molecular complexity index is 898. The van der Waals surface area contributed by atoms with Crippen molar-refractivity contribution in [2.24, 2.45) is 22.7 Å². The summed E-state index contributed by atoms with van der Waals surface area (Å²) in [6, 6.07) is 3.39. The van der Waals surface area contributed by atoms with Gasteiger partial charge in [-0.2, -0.15) is 0 Å². The van der Waals surface area contributed by atoms with Gasteiger partial charge >= 0.3 is 5.63 Å². The van der Waals surface area contributed by atoms with Crippen LogP contribution in [-0.2, 0) is 4.79 Å². The van der Waals surface area contributed by atoms with Crippen molar-refractivity contribution in [1.82, 2.24) is 0 Å². The molecule has 5 rings (SSSR count). The molecule has 4 aliphatic rings. The molecule has 0 saturated heterocycles. The zero-order chi connectivity index (χ0) is 20.4. The lowest BCUT2D eigenvalue weighted by Crippen LogP contribution is -2.64. The molecule has 0 aromatic carbocycles. The molecule has 1 aromatic rings. The number of carbonyl (C=O) groups is 1. The van der Waals surface area contributed by atoms with Crippen molar-refractivity contribution in [3.05, 3.63) is 46.0 Å². The van der Waals surface area contributed by atoms with E-state index in [4.69, 9.17) is 4.42 Å². The minimum absolute atomic E-state index is 0.00516. The smallest absolute Gasteiger partial charge is 0.335 e. The summed E-state index contributed by atoms with van der Waals surface area (Å²) in [5.74, 6) is 0.720. The molecule has 3 fully saturated rings. The molecule has 5 heteroatoms. The average molecular weight is 398 g/mol. The van der Waals surface area contributed by atoms with Crippen LogP contribution in [0.1, 0.15) is 69.8 Å². The van der Waals surface area contributed by atoms with Gasteiger partial charge in [-0.1, -0.05) is 18.6 Å². The predicted molar refractivity (Wildman–Crippen MR) is 107 cm³/mol. The van der Waals surface area contributed by atoms with Gasteiger partial charge in [0, 0.05) is 12.5 Å². The minimum atomic E-state index is -1.08. The molecular weight excluding hydrogens is 368 g/mol. The third-order valence-electron chi connectivity index (χ3n) is 9.06. The summed E-state index contributed by atoms with van der Waals surface area (Å²) >= 11 is 0. The van der Waals surface area contributed by atoms with Gasteiger partial charge in [0.05, 0.1) is 23.4 Å². The Kier molecular flexibility index (Phi) is 4.24. The van der Waals surface area contributed by atoms with Crippen molar-refractivity contribution in [1.29, 1.82) is 0 Å². The highest BCUT2D eigenvalue weighted by molar-refractivity contribution is 5.64. The van der Waals surface area contributed by atoms with Gasteiger partial charge in [0.15, 0.2) is 0 Å². The predicted octanol–water partition coefficient (Wildman–Crippen LogP) is 3.34. The summed E-state index contributed by atoms with van der Waals surface area (Å²) in [5, 5.41) is 21.6. The maximum atomic E-state index is 12.5. The van der Waals surface area contributed by atoms with Crippen LogP contribution in [0.25, 0.3) is 0 Å². The average Bonchev–Trinajstić information content (AvgIpc) is 3.05. The summed E-state index contributed by atoms with van der Waals surface area (Å²) in [6.45, 7) is 2.32. The quantitative estimate of drug-likeness (QED) is 0.589. The highest BCUT2D eigenvalue weighted by atomic mass is 16.4. The van der Waals surface area contributed by atoms with E-state index in [-0.39, 0.29) is 22.9 Å². The van der Waals surface area contributed by atoms with E-state index in [1.165, 1.54) is 11.6 Å². The van der Waals surface area contributed by atoms with E-state index in [0.29, 0.717) is 31.6 Å². The van der Waals surface area contributed by atoms with Crippen LogP contribution in [0.5, 0.6) is 0 Å². The van der Waals surface area contributed by atoms with Crippen LogP contribution in [0.4, 0.5) is 0 Å². The van der Waals surface area contributed by atoms with Gasteiger partial charge in [0.1, 0.15) is 6.29 Å². The Balaban J connectivity index is 1.49. The number of carbonyl (C=O) groups excluding carboxylic acids is 1. The summed E-state index contributed by atoms with van der Waals surface area (Å²) in [5.41, 5.74) is 0.342. The molecule has 5 nitrogen and oxygen atoms in total. The van der Waals surface area contributed by atoms with Gasteiger partial charge in [-0.15, -0.1) is 0 Å². The summed E-state index contributed by atoms with van der Waals surface area (Å²) in [7, 11) is 0. The zero-order valence-electron chi connectivity index (χ0n) is 17.0. The standard InChI is InChI=1S/C24H30O5/c1-22-9-8-20-17(7-11-24(28)12-16(26)6-10-23(20,24)14-25)19(22)4-3-18(22)15-2-5-21(27)29-13-15/h2,4-5,13-14,16-18,20,26,28H,3,6-12H2,1H3/t16-,17-,18-,20-,22+,23-,24-/m0/s1. The summed E-state index contributed by atoms with van der Waals surface area (Å²) in [4.78, 5) is 23.9. The van der Waals surface area contributed by atoms with E-state index in [9.17, 15) is 19.8 Å². The highest BCUT2D eigenvalue weighted by Gasteiger charge is 2.65. The van der Waals surface area contributed by atoms with Crippen molar-refractivity contribution in [3.63, 3.8) is 0 Å². The monoisotopic (exact) mass is 398 g/mol. The van der Waals surface area contributed by atoms with Crippen molar-refractivity contribution < 1.29 is 19.4 Å². The molecular formula is C24H30O5. The summed E-state index contributed by atoms with van der Waals surface area (Å²) in [6.07, 6.45) is 10.2. The fourth-order valence-corrected chi connectivity index (χ4v) is 7.59. The molecule has 0 spiro atoms. The third kappa shape index (κ3) is 2.53. The van der Waals surface area contributed by atoms with Crippen molar-refractivity contribution in [2.45, 2.75) is 75.9 Å². The van der Waals surface area contributed by atoms with Gasteiger partial charge in [-0.25, -0.2) is 4.79 Å². The minimum Gasteiger partial charge on any atom is -0.431 e. The molecule has 0 unspecified atom stereocenters. The molecule has 2 N–H and O–H groups in total. The molecule has 156 valence electrons. The number of aldehydes is 1. The van der Waals surface area contributed by atoms with Crippen LogP contribution in [0.15, 0.2) is 39.3 Å². The van der Waals surface area contributed by atoms with Crippen LogP contribution in [0.3, 0.4) is 0 Å². The topological polar surface area (TPSA) is 87.7 Å². The Morgan fingerprint density at radius 1 is 1.17 bits per heavy atom. The van der Waals surface area contributed by atoms with Crippen LogP contribution < -0.4 is 5.63 Å². The lowest BCUT2D eigenvalue weighted by Gasteiger charge is -2.61. The second kappa shape index (κ2) is 6.39. The first-order chi connectivity index (χ1) is 13.8. The van der Waals surface area contributed by atoms with Crippen LogP contribution in [-0.4, -0.2) is 28.2 Å². The van der Waals surface area contributed by atoms with Crippen LogP contribution >= 0.6 is 0 Å². The number of aliphatic hydroxyl groups excluding tert-OH is 1. The van der Waals surface area contributed by atoms with E-state index < -0.39 is 17.1 Å². The van der Waals surface area contributed by atoms with E-state index in [2.05, 4.69) is 13.0 Å². The van der Waals surface area contributed by atoms with Gasteiger partial charge in [0.25, 0.3) is 0 Å². The van der Waals surface area contributed by atoms with Crippen LogP contribution in [0.2, 0.25) is 0 Å².